The van der Waals surface area contributed by atoms with E-state index >= 15 is 0 Å². The molecular formula is C10H14N2O2. The maximum absolute atomic E-state index is 10.3. The lowest BCUT2D eigenvalue weighted by molar-refractivity contribution is 0.193. The van der Waals surface area contributed by atoms with Crippen LogP contribution in [0.15, 0.2) is 30.3 Å². The largest absolute Gasteiger partial charge is 0.465 e. The third-order valence-corrected chi connectivity index (χ3v) is 2.01. The molecule has 0 aliphatic rings. The van der Waals surface area contributed by atoms with Crippen molar-refractivity contribution in [2.45, 2.75) is 6.04 Å². The van der Waals surface area contributed by atoms with Gasteiger partial charge in [0.2, 0.25) is 0 Å². The van der Waals surface area contributed by atoms with E-state index in [2.05, 4.69) is 10.6 Å². The molecule has 1 aromatic carbocycles. The molecule has 4 heteroatoms. The predicted octanol–water partition coefficient (Wildman–Crippen LogP) is 1.21. The highest BCUT2D eigenvalue weighted by molar-refractivity contribution is 5.64. The molecule has 1 amide bonds. The third kappa shape index (κ3) is 3.06. The summed E-state index contributed by atoms with van der Waals surface area (Å²) < 4.78 is 0. The number of likely N-dealkylation sites (N-methyl/N-ethyl adjacent to an activating group) is 1. The highest BCUT2D eigenvalue weighted by atomic mass is 16.4. The first-order valence-corrected chi connectivity index (χ1v) is 4.43. The summed E-state index contributed by atoms with van der Waals surface area (Å²) in [6.07, 6.45) is -0.999. The van der Waals surface area contributed by atoms with Gasteiger partial charge in [0.05, 0.1) is 0 Å². The molecule has 1 rings (SSSR count). The highest BCUT2D eigenvalue weighted by Crippen LogP contribution is 2.10. The summed E-state index contributed by atoms with van der Waals surface area (Å²) in [6.45, 7) is 0.371. The second kappa shape index (κ2) is 5.24. The van der Waals surface area contributed by atoms with Crippen molar-refractivity contribution in [1.82, 2.24) is 10.6 Å². The van der Waals surface area contributed by atoms with Crippen LogP contribution in [0.3, 0.4) is 0 Å². The lowest BCUT2D eigenvalue weighted by Gasteiger charge is -2.15. The van der Waals surface area contributed by atoms with Gasteiger partial charge >= 0.3 is 6.09 Å². The number of carboxylic acid groups (broad SMARTS) is 1. The van der Waals surface area contributed by atoms with Crippen LogP contribution >= 0.6 is 0 Å². The molecule has 76 valence electrons. The van der Waals surface area contributed by atoms with Crippen molar-refractivity contribution in [2.75, 3.05) is 13.6 Å². The Kier molecular flexibility index (Phi) is 3.94. The van der Waals surface area contributed by atoms with Gasteiger partial charge < -0.3 is 15.7 Å². The summed E-state index contributed by atoms with van der Waals surface area (Å²) in [7, 11) is 1.81. The average Bonchev–Trinajstić information content (AvgIpc) is 2.20. The minimum absolute atomic E-state index is 0.0206. The van der Waals surface area contributed by atoms with Gasteiger partial charge in [-0.25, -0.2) is 4.79 Å². The van der Waals surface area contributed by atoms with E-state index in [4.69, 9.17) is 5.11 Å². The van der Waals surface area contributed by atoms with Crippen LogP contribution in [-0.4, -0.2) is 24.8 Å². The van der Waals surface area contributed by atoms with E-state index in [0.717, 1.165) is 5.56 Å². The number of rotatable bonds is 4. The zero-order valence-corrected chi connectivity index (χ0v) is 8.03. The standard InChI is InChI=1S/C10H14N2O2/c1-11-9(7-12-10(13)14)8-5-3-2-4-6-8/h2-6,9,11-12H,7H2,1H3,(H,13,14)/t9-/m0/s1. The Hall–Kier alpha value is -1.55. The Balaban J connectivity index is 2.58. The molecular weight excluding hydrogens is 180 g/mol. The molecule has 1 atom stereocenters. The molecule has 0 unspecified atom stereocenters. The first kappa shape index (κ1) is 10.5. The van der Waals surface area contributed by atoms with Gasteiger partial charge in [-0.2, -0.15) is 0 Å². The van der Waals surface area contributed by atoms with Crippen LogP contribution in [0.2, 0.25) is 0 Å². The summed E-state index contributed by atoms with van der Waals surface area (Å²) in [4.78, 5) is 10.3. The Morgan fingerprint density at radius 1 is 1.43 bits per heavy atom. The number of nitrogens with one attached hydrogen (secondary N) is 2. The Morgan fingerprint density at radius 2 is 2.07 bits per heavy atom. The number of amides is 1. The minimum Gasteiger partial charge on any atom is -0.465 e. The fraction of sp³-hybridized carbons (Fsp3) is 0.300. The zero-order chi connectivity index (χ0) is 10.4. The van der Waals surface area contributed by atoms with Gasteiger partial charge in [-0.3, -0.25) is 0 Å². The Morgan fingerprint density at radius 3 is 2.57 bits per heavy atom. The van der Waals surface area contributed by atoms with Gasteiger partial charge in [-0.1, -0.05) is 30.3 Å². The first-order valence-electron chi connectivity index (χ1n) is 4.43. The molecule has 0 saturated heterocycles. The quantitative estimate of drug-likeness (QED) is 0.675. The molecule has 0 spiro atoms. The Bertz CT molecular complexity index is 287. The predicted molar refractivity (Wildman–Crippen MR) is 54.3 cm³/mol. The molecule has 0 bridgehead atoms. The van der Waals surface area contributed by atoms with E-state index < -0.39 is 6.09 Å². The molecule has 0 aromatic heterocycles. The van der Waals surface area contributed by atoms with Gasteiger partial charge in [-0.15, -0.1) is 0 Å². The minimum atomic E-state index is -0.999. The van der Waals surface area contributed by atoms with Crippen LogP contribution in [0.25, 0.3) is 0 Å². The van der Waals surface area contributed by atoms with Gasteiger partial charge in [-0.05, 0) is 12.6 Å². The van der Waals surface area contributed by atoms with Crippen molar-refractivity contribution in [3.05, 3.63) is 35.9 Å². The van der Waals surface area contributed by atoms with Crippen molar-refractivity contribution < 1.29 is 9.90 Å². The molecule has 14 heavy (non-hydrogen) atoms. The molecule has 0 aliphatic heterocycles. The van der Waals surface area contributed by atoms with Crippen LogP contribution in [0.4, 0.5) is 4.79 Å². The normalized spacial score (nSPS) is 12.1. The maximum atomic E-state index is 10.3. The van der Waals surface area contributed by atoms with Gasteiger partial charge in [0.25, 0.3) is 0 Å². The maximum Gasteiger partial charge on any atom is 0.404 e. The van der Waals surface area contributed by atoms with Gasteiger partial charge in [0, 0.05) is 12.6 Å². The third-order valence-electron chi connectivity index (χ3n) is 2.01. The second-order valence-corrected chi connectivity index (χ2v) is 2.94. The SMILES string of the molecule is CN[C@@H](CNC(=O)O)c1ccccc1. The Labute approximate surface area is 82.9 Å². The van der Waals surface area contributed by atoms with Crippen molar-refractivity contribution in [1.29, 1.82) is 0 Å². The summed E-state index contributed by atoms with van der Waals surface area (Å²) in [5.74, 6) is 0. The van der Waals surface area contributed by atoms with E-state index in [-0.39, 0.29) is 6.04 Å². The smallest absolute Gasteiger partial charge is 0.404 e. The summed E-state index contributed by atoms with van der Waals surface area (Å²) in [5, 5.41) is 13.9. The highest BCUT2D eigenvalue weighted by Gasteiger charge is 2.08. The molecule has 3 N–H and O–H groups in total. The molecule has 4 nitrogen and oxygen atoms in total. The first-order chi connectivity index (χ1) is 6.74. The monoisotopic (exact) mass is 194 g/mol. The van der Waals surface area contributed by atoms with E-state index in [1.807, 2.05) is 30.3 Å². The lowest BCUT2D eigenvalue weighted by Crippen LogP contribution is -2.32. The molecule has 0 saturated carbocycles. The number of hydrogen-bond acceptors (Lipinski definition) is 2. The fourth-order valence-corrected chi connectivity index (χ4v) is 1.26. The van der Waals surface area contributed by atoms with Crippen molar-refractivity contribution in [3.63, 3.8) is 0 Å². The molecule has 1 aromatic rings. The van der Waals surface area contributed by atoms with E-state index in [0.29, 0.717) is 6.54 Å². The van der Waals surface area contributed by atoms with Crippen LogP contribution in [0.1, 0.15) is 11.6 Å². The van der Waals surface area contributed by atoms with Crippen molar-refractivity contribution in [2.24, 2.45) is 0 Å². The topological polar surface area (TPSA) is 61.4 Å². The van der Waals surface area contributed by atoms with Crippen LogP contribution < -0.4 is 10.6 Å². The van der Waals surface area contributed by atoms with Crippen LogP contribution in [0, 0.1) is 0 Å². The molecule has 0 radical (unpaired) electrons. The molecule has 0 heterocycles. The zero-order valence-electron chi connectivity index (χ0n) is 8.03. The summed E-state index contributed by atoms with van der Waals surface area (Å²) in [6, 6.07) is 9.74. The average molecular weight is 194 g/mol. The van der Waals surface area contributed by atoms with Crippen molar-refractivity contribution >= 4 is 6.09 Å². The van der Waals surface area contributed by atoms with E-state index in [1.165, 1.54) is 0 Å². The molecule has 0 fully saturated rings. The summed E-state index contributed by atoms with van der Waals surface area (Å²) in [5.41, 5.74) is 1.07. The number of carbonyl (C=O) groups is 1. The van der Waals surface area contributed by atoms with E-state index in [1.54, 1.807) is 7.05 Å². The lowest BCUT2D eigenvalue weighted by atomic mass is 10.1. The van der Waals surface area contributed by atoms with Gasteiger partial charge in [0.1, 0.15) is 0 Å². The number of hydrogen-bond donors (Lipinski definition) is 3. The molecule has 0 aliphatic carbocycles. The van der Waals surface area contributed by atoms with Crippen LogP contribution in [-0.2, 0) is 0 Å². The van der Waals surface area contributed by atoms with Crippen LogP contribution in [0.5, 0.6) is 0 Å². The summed E-state index contributed by atoms with van der Waals surface area (Å²) >= 11 is 0. The van der Waals surface area contributed by atoms with Crippen molar-refractivity contribution in [3.8, 4) is 0 Å². The fourth-order valence-electron chi connectivity index (χ4n) is 1.26. The second-order valence-electron chi connectivity index (χ2n) is 2.94. The number of benzene rings is 1. The van der Waals surface area contributed by atoms with Gasteiger partial charge in [0.15, 0.2) is 0 Å². The van der Waals surface area contributed by atoms with E-state index in [9.17, 15) is 4.79 Å².